The second kappa shape index (κ2) is 12.8. The van der Waals surface area contributed by atoms with E-state index >= 15 is 0 Å². The zero-order valence-corrected chi connectivity index (χ0v) is 12.4. The van der Waals surface area contributed by atoms with Crippen LogP contribution in [-0.4, -0.2) is 41.1 Å². The van der Waals surface area contributed by atoms with Gasteiger partial charge in [0.1, 0.15) is 6.04 Å². The fraction of sp³-hybridized carbons (Fsp3) is 0.733. The SMILES string of the molecule is CCCCCC(O)/C=C/C=NCCCC[C@H](N)C(=O)O. The average Bonchev–Trinajstić information content (AvgIpc) is 2.41. The van der Waals surface area contributed by atoms with Crippen LogP contribution in [0.15, 0.2) is 17.1 Å². The van der Waals surface area contributed by atoms with Crippen molar-refractivity contribution in [3.63, 3.8) is 0 Å². The molecule has 0 spiro atoms. The second-order valence-corrected chi connectivity index (χ2v) is 4.94. The van der Waals surface area contributed by atoms with Crippen LogP contribution < -0.4 is 5.73 Å². The fourth-order valence-electron chi connectivity index (χ4n) is 1.70. The van der Waals surface area contributed by atoms with Crippen LogP contribution in [0.2, 0.25) is 0 Å². The molecule has 0 heterocycles. The smallest absolute Gasteiger partial charge is 0.320 e. The summed E-state index contributed by atoms with van der Waals surface area (Å²) in [6.07, 6.45) is 11.0. The van der Waals surface area contributed by atoms with Gasteiger partial charge < -0.3 is 15.9 Å². The summed E-state index contributed by atoms with van der Waals surface area (Å²) in [6, 6.07) is -0.767. The van der Waals surface area contributed by atoms with E-state index in [1.54, 1.807) is 18.4 Å². The van der Waals surface area contributed by atoms with Crippen LogP contribution in [0.3, 0.4) is 0 Å². The Labute approximate surface area is 121 Å². The van der Waals surface area contributed by atoms with Crippen molar-refractivity contribution < 1.29 is 15.0 Å². The molecule has 1 unspecified atom stereocenters. The highest BCUT2D eigenvalue weighted by Crippen LogP contribution is 2.04. The Hall–Kier alpha value is -1.20. The number of aliphatic imine (C=N–C) groups is 1. The van der Waals surface area contributed by atoms with E-state index in [2.05, 4.69) is 11.9 Å². The number of nitrogens with zero attached hydrogens (tertiary/aromatic N) is 1. The summed E-state index contributed by atoms with van der Waals surface area (Å²) >= 11 is 0. The monoisotopic (exact) mass is 284 g/mol. The minimum absolute atomic E-state index is 0.387. The molecule has 0 saturated heterocycles. The number of nitrogens with two attached hydrogens (primary N) is 1. The standard InChI is InChI=1S/C15H28N2O3/c1-2-3-4-8-13(18)9-7-12-17-11-6-5-10-14(16)15(19)20/h7,9,12-14,18H,2-6,8,10-11,16H2,1H3,(H,19,20)/b9-7+,17-12?/t13?,14-/m0/s1. The molecule has 0 aromatic rings. The molecule has 5 nitrogen and oxygen atoms in total. The Morgan fingerprint density at radius 2 is 1.95 bits per heavy atom. The highest BCUT2D eigenvalue weighted by molar-refractivity contribution is 5.73. The number of allylic oxidation sites excluding steroid dienone is 1. The van der Waals surface area contributed by atoms with Crippen molar-refractivity contribution in [1.82, 2.24) is 0 Å². The van der Waals surface area contributed by atoms with Crippen LogP contribution in [0.25, 0.3) is 0 Å². The van der Waals surface area contributed by atoms with Crippen LogP contribution in [0, 0.1) is 0 Å². The highest BCUT2D eigenvalue weighted by atomic mass is 16.4. The summed E-state index contributed by atoms with van der Waals surface area (Å²) in [6.45, 7) is 2.79. The quantitative estimate of drug-likeness (QED) is 0.378. The maximum absolute atomic E-state index is 10.5. The van der Waals surface area contributed by atoms with Crippen molar-refractivity contribution in [2.75, 3.05) is 6.54 Å². The summed E-state index contributed by atoms with van der Waals surface area (Å²) in [5, 5.41) is 18.2. The molecule has 0 radical (unpaired) electrons. The van der Waals surface area contributed by atoms with Gasteiger partial charge in [0.15, 0.2) is 0 Å². The molecule has 2 atom stereocenters. The first-order valence-corrected chi connectivity index (χ1v) is 7.41. The lowest BCUT2D eigenvalue weighted by Crippen LogP contribution is -2.29. The molecule has 0 aliphatic carbocycles. The second-order valence-electron chi connectivity index (χ2n) is 4.94. The van der Waals surface area contributed by atoms with E-state index in [1.807, 2.05) is 0 Å². The van der Waals surface area contributed by atoms with Crippen molar-refractivity contribution in [2.24, 2.45) is 10.7 Å². The van der Waals surface area contributed by atoms with Crippen LogP contribution in [0.1, 0.15) is 51.9 Å². The van der Waals surface area contributed by atoms with Gasteiger partial charge >= 0.3 is 5.97 Å². The Bertz CT molecular complexity index is 303. The summed E-state index contributed by atoms with van der Waals surface area (Å²) in [5.74, 6) is -0.950. The van der Waals surface area contributed by atoms with E-state index in [9.17, 15) is 9.90 Å². The molecule has 20 heavy (non-hydrogen) atoms. The van der Waals surface area contributed by atoms with Gasteiger partial charge in [0.2, 0.25) is 0 Å². The van der Waals surface area contributed by atoms with Gasteiger partial charge in [-0.1, -0.05) is 32.3 Å². The lowest BCUT2D eigenvalue weighted by Gasteiger charge is -2.04. The number of carboxylic acids is 1. The Balaban J connectivity index is 3.53. The minimum Gasteiger partial charge on any atom is -0.480 e. The third-order valence-electron chi connectivity index (χ3n) is 3.00. The average molecular weight is 284 g/mol. The molecular weight excluding hydrogens is 256 g/mol. The number of carboxylic acid groups (broad SMARTS) is 1. The molecule has 0 amide bonds. The molecule has 0 saturated carbocycles. The maximum atomic E-state index is 10.5. The third kappa shape index (κ3) is 11.9. The van der Waals surface area contributed by atoms with Crippen LogP contribution in [0.5, 0.6) is 0 Å². The topological polar surface area (TPSA) is 95.9 Å². The minimum atomic E-state index is -0.950. The van der Waals surface area contributed by atoms with Crippen molar-refractivity contribution in [2.45, 2.75) is 64.0 Å². The molecular formula is C15H28N2O3. The molecule has 5 heteroatoms. The molecule has 0 aliphatic rings. The van der Waals surface area contributed by atoms with E-state index in [0.29, 0.717) is 13.0 Å². The van der Waals surface area contributed by atoms with E-state index in [1.165, 1.54) is 0 Å². The number of aliphatic carboxylic acids is 1. The number of unbranched alkanes of at least 4 members (excludes halogenated alkanes) is 3. The van der Waals surface area contributed by atoms with Gasteiger partial charge in [-0.3, -0.25) is 9.79 Å². The van der Waals surface area contributed by atoms with Crippen molar-refractivity contribution in [3.05, 3.63) is 12.2 Å². The fourth-order valence-corrected chi connectivity index (χ4v) is 1.70. The summed E-state index contributed by atoms with van der Waals surface area (Å²) in [5.41, 5.74) is 5.39. The van der Waals surface area contributed by atoms with Crippen molar-refractivity contribution in [3.8, 4) is 0 Å². The van der Waals surface area contributed by atoms with Gasteiger partial charge in [-0.25, -0.2) is 0 Å². The van der Waals surface area contributed by atoms with E-state index in [0.717, 1.165) is 38.5 Å². The van der Waals surface area contributed by atoms with Crippen LogP contribution in [0.4, 0.5) is 0 Å². The highest BCUT2D eigenvalue weighted by Gasteiger charge is 2.09. The molecule has 0 rings (SSSR count). The van der Waals surface area contributed by atoms with Gasteiger partial charge in [0.25, 0.3) is 0 Å². The van der Waals surface area contributed by atoms with Gasteiger partial charge in [0, 0.05) is 12.8 Å². The summed E-state index contributed by atoms with van der Waals surface area (Å²) in [7, 11) is 0. The van der Waals surface area contributed by atoms with Gasteiger partial charge in [0.05, 0.1) is 6.10 Å². The summed E-state index contributed by atoms with van der Waals surface area (Å²) < 4.78 is 0. The van der Waals surface area contributed by atoms with Gasteiger partial charge in [-0.15, -0.1) is 0 Å². The normalized spacial score (nSPS) is 14.9. The van der Waals surface area contributed by atoms with Crippen molar-refractivity contribution >= 4 is 12.2 Å². The molecule has 0 bridgehead atoms. The van der Waals surface area contributed by atoms with Crippen molar-refractivity contribution in [1.29, 1.82) is 0 Å². The predicted molar refractivity (Wildman–Crippen MR) is 82.1 cm³/mol. The van der Waals surface area contributed by atoms with Crippen LogP contribution in [-0.2, 0) is 4.79 Å². The lowest BCUT2D eigenvalue weighted by molar-refractivity contribution is -0.138. The molecule has 0 fully saturated rings. The largest absolute Gasteiger partial charge is 0.480 e. The van der Waals surface area contributed by atoms with E-state index < -0.39 is 12.0 Å². The predicted octanol–water partition coefficient (Wildman–Crippen LogP) is 2.14. The third-order valence-corrected chi connectivity index (χ3v) is 3.00. The Kier molecular flexibility index (Phi) is 12.0. The first-order chi connectivity index (χ1) is 9.57. The number of hydrogen-bond acceptors (Lipinski definition) is 4. The zero-order chi connectivity index (χ0) is 15.2. The van der Waals surface area contributed by atoms with Gasteiger partial charge in [-0.05, 0) is 31.8 Å². The molecule has 116 valence electrons. The first-order valence-electron chi connectivity index (χ1n) is 7.41. The number of aliphatic hydroxyl groups is 1. The Morgan fingerprint density at radius 1 is 1.25 bits per heavy atom. The van der Waals surface area contributed by atoms with Gasteiger partial charge in [-0.2, -0.15) is 0 Å². The van der Waals surface area contributed by atoms with Crippen LogP contribution >= 0.6 is 0 Å². The number of aliphatic hydroxyl groups excluding tert-OH is 1. The first kappa shape index (κ1) is 18.8. The number of rotatable bonds is 12. The zero-order valence-electron chi connectivity index (χ0n) is 12.4. The number of carbonyl (C=O) groups is 1. The Morgan fingerprint density at radius 3 is 2.60 bits per heavy atom. The molecule has 0 aliphatic heterocycles. The summed E-state index contributed by atoms with van der Waals surface area (Å²) in [4.78, 5) is 14.6. The van der Waals surface area contributed by atoms with E-state index in [4.69, 9.17) is 10.8 Å². The van der Waals surface area contributed by atoms with E-state index in [-0.39, 0.29) is 6.10 Å². The molecule has 4 N–H and O–H groups in total. The lowest BCUT2D eigenvalue weighted by atomic mass is 10.1. The number of hydrogen-bond donors (Lipinski definition) is 3. The molecule has 0 aromatic carbocycles. The maximum Gasteiger partial charge on any atom is 0.320 e. The molecule has 0 aromatic heterocycles.